The number of rotatable bonds is 9. The fourth-order valence-electron chi connectivity index (χ4n) is 1.01. The predicted octanol–water partition coefficient (Wildman–Crippen LogP) is 1.13. The van der Waals surface area contributed by atoms with Gasteiger partial charge in [-0.3, -0.25) is 19.2 Å². The smallest absolute Gasteiger partial charge is 0.298 e. The first-order valence-electron chi connectivity index (χ1n) is 6.73. The third-order valence-corrected chi connectivity index (χ3v) is 2.08. The van der Waals surface area contributed by atoms with Crippen LogP contribution in [0.1, 0.15) is 33.6 Å². The molecule has 0 spiro atoms. The number of carbonyl (C=O) groups is 4. The summed E-state index contributed by atoms with van der Waals surface area (Å²) in [6, 6.07) is 0. The molecule has 9 heteroatoms. The normalized spacial score (nSPS) is 9.61. The SMILES string of the molecule is CC.CO/C(CON(C)C(=O)CCC=O)=C(/C)OC=O.O=CO. The van der Waals surface area contributed by atoms with Crippen LogP contribution in [0, 0.1) is 0 Å². The molecule has 9 nitrogen and oxygen atoms in total. The number of carbonyl (C=O) groups excluding carboxylic acids is 3. The van der Waals surface area contributed by atoms with Crippen LogP contribution in [0.3, 0.4) is 0 Å². The zero-order chi connectivity index (χ0) is 18.7. The van der Waals surface area contributed by atoms with E-state index in [1.807, 2.05) is 13.8 Å². The van der Waals surface area contributed by atoms with E-state index < -0.39 is 0 Å². The van der Waals surface area contributed by atoms with Crippen molar-refractivity contribution in [2.75, 3.05) is 20.8 Å². The molecule has 1 amide bonds. The van der Waals surface area contributed by atoms with Gasteiger partial charge in [0.2, 0.25) is 5.91 Å². The Morgan fingerprint density at radius 1 is 1.22 bits per heavy atom. The molecule has 0 aliphatic rings. The fraction of sp³-hybridized carbons (Fsp3) is 0.571. The van der Waals surface area contributed by atoms with Crippen LogP contribution in [-0.4, -0.2) is 56.1 Å². The van der Waals surface area contributed by atoms with Gasteiger partial charge in [-0.2, -0.15) is 0 Å². The van der Waals surface area contributed by atoms with Gasteiger partial charge in [0, 0.05) is 19.9 Å². The zero-order valence-electron chi connectivity index (χ0n) is 14.1. The molecule has 0 bridgehead atoms. The molecule has 0 heterocycles. The second-order valence-corrected chi connectivity index (χ2v) is 3.37. The Kier molecular flexibility index (Phi) is 21.7. The number of hydrogen-bond donors (Lipinski definition) is 1. The van der Waals surface area contributed by atoms with Gasteiger partial charge in [0.05, 0.1) is 7.11 Å². The van der Waals surface area contributed by atoms with Crippen LogP contribution < -0.4 is 0 Å². The van der Waals surface area contributed by atoms with Crippen LogP contribution in [0.2, 0.25) is 0 Å². The highest BCUT2D eigenvalue weighted by Crippen LogP contribution is 2.07. The van der Waals surface area contributed by atoms with Crippen molar-refractivity contribution in [3.63, 3.8) is 0 Å². The number of carboxylic acid groups (broad SMARTS) is 1. The lowest BCUT2D eigenvalue weighted by atomic mass is 10.3. The standard InChI is InChI=1S/C11H17NO6.C2H6.CH2O2/c1-9(17-8-14)10(16-3)7-18-12(2)11(15)5-4-6-13;1-2;2-1-3/h6,8H,4-5,7H2,1-3H3;1-2H3;1H,(H,2,3)/b10-9-;;. The minimum Gasteiger partial charge on any atom is -0.495 e. The summed E-state index contributed by atoms with van der Waals surface area (Å²) in [6.07, 6.45) is 0.886. The number of hydroxylamine groups is 2. The maximum absolute atomic E-state index is 11.4. The summed E-state index contributed by atoms with van der Waals surface area (Å²) >= 11 is 0. The summed E-state index contributed by atoms with van der Waals surface area (Å²) in [4.78, 5) is 45.1. The molecule has 0 radical (unpaired) electrons. The van der Waals surface area contributed by atoms with Crippen molar-refractivity contribution in [3.8, 4) is 0 Å². The highest BCUT2D eigenvalue weighted by molar-refractivity contribution is 5.77. The van der Waals surface area contributed by atoms with Crippen molar-refractivity contribution in [3.05, 3.63) is 11.5 Å². The highest BCUT2D eigenvalue weighted by atomic mass is 16.7. The molecular formula is C14H25NO8. The third-order valence-electron chi connectivity index (χ3n) is 2.08. The van der Waals surface area contributed by atoms with Crippen LogP contribution in [0.5, 0.6) is 0 Å². The predicted molar refractivity (Wildman–Crippen MR) is 80.9 cm³/mol. The number of aldehydes is 1. The molecule has 0 rings (SSSR count). The molecule has 23 heavy (non-hydrogen) atoms. The average molecular weight is 335 g/mol. The van der Waals surface area contributed by atoms with Gasteiger partial charge >= 0.3 is 0 Å². The van der Waals surface area contributed by atoms with Crippen LogP contribution in [-0.2, 0) is 33.5 Å². The van der Waals surface area contributed by atoms with Crippen molar-refractivity contribution in [1.29, 1.82) is 0 Å². The number of nitrogens with zero attached hydrogens (tertiary/aromatic N) is 1. The lowest BCUT2D eigenvalue weighted by molar-refractivity contribution is -0.178. The molecule has 0 atom stereocenters. The number of allylic oxidation sites excluding steroid dienone is 1. The lowest BCUT2D eigenvalue weighted by Crippen LogP contribution is -2.28. The van der Waals surface area contributed by atoms with E-state index in [1.165, 1.54) is 21.1 Å². The van der Waals surface area contributed by atoms with Gasteiger partial charge in [-0.05, 0) is 6.92 Å². The fourth-order valence-corrected chi connectivity index (χ4v) is 1.01. The van der Waals surface area contributed by atoms with Gasteiger partial charge in [-0.15, -0.1) is 0 Å². The molecule has 0 saturated heterocycles. The molecule has 0 fully saturated rings. The van der Waals surface area contributed by atoms with E-state index in [-0.39, 0.29) is 49.8 Å². The first-order valence-corrected chi connectivity index (χ1v) is 6.73. The van der Waals surface area contributed by atoms with Crippen LogP contribution >= 0.6 is 0 Å². The van der Waals surface area contributed by atoms with Gasteiger partial charge in [0.25, 0.3) is 12.9 Å². The second-order valence-electron chi connectivity index (χ2n) is 3.37. The Bertz CT molecular complexity index is 368. The third kappa shape index (κ3) is 15.8. The molecule has 0 aromatic rings. The summed E-state index contributed by atoms with van der Waals surface area (Å²) in [5.41, 5.74) is 0. The maximum Gasteiger partial charge on any atom is 0.298 e. The van der Waals surface area contributed by atoms with Gasteiger partial charge < -0.3 is 19.4 Å². The number of methoxy groups -OCH3 is 1. The van der Waals surface area contributed by atoms with Gasteiger partial charge in [-0.1, -0.05) is 13.8 Å². The average Bonchev–Trinajstić information content (AvgIpc) is 2.55. The zero-order valence-corrected chi connectivity index (χ0v) is 14.1. The van der Waals surface area contributed by atoms with Crippen molar-refractivity contribution in [1.82, 2.24) is 5.06 Å². The number of ether oxygens (including phenoxy) is 2. The molecule has 0 saturated carbocycles. The molecule has 0 aliphatic heterocycles. The summed E-state index contributed by atoms with van der Waals surface area (Å²) < 4.78 is 9.55. The van der Waals surface area contributed by atoms with E-state index in [4.69, 9.17) is 19.5 Å². The first-order chi connectivity index (χ1) is 11.0. The number of amides is 1. The number of hydrogen-bond acceptors (Lipinski definition) is 7. The molecule has 0 aliphatic carbocycles. The molecule has 0 aromatic carbocycles. The molecule has 134 valence electrons. The quantitative estimate of drug-likeness (QED) is 0.378. The monoisotopic (exact) mass is 335 g/mol. The topological polar surface area (TPSA) is 119 Å². The molecule has 0 unspecified atom stereocenters. The van der Waals surface area contributed by atoms with Crippen LogP contribution in [0.25, 0.3) is 0 Å². The largest absolute Gasteiger partial charge is 0.495 e. The first kappa shape index (κ1) is 25.5. The van der Waals surface area contributed by atoms with Gasteiger partial charge in [0.1, 0.15) is 18.7 Å². The van der Waals surface area contributed by atoms with Crippen molar-refractivity contribution >= 4 is 25.1 Å². The summed E-state index contributed by atoms with van der Waals surface area (Å²) in [7, 11) is 2.82. The summed E-state index contributed by atoms with van der Waals surface area (Å²) in [5, 5.41) is 7.90. The Labute approximate surface area is 135 Å². The lowest BCUT2D eigenvalue weighted by Gasteiger charge is -2.17. The summed E-state index contributed by atoms with van der Waals surface area (Å²) in [5.74, 6) is 0.213. The Morgan fingerprint density at radius 3 is 2.13 bits per heavy atom. The molecule has 1 N–H and O–H groups in total. The Balaban J connectivity index is -0.000000710. The van der Waals surface area contributed by atoms with Crippen LogP contribution in [0.15, 0.2) is 11.5 Å². The molecule has 0 aromatic heterocycles. The molecular weight excluding hydrogens is 310 g/mol. The summed E-state index contributed by atoms with van der Waals surface area (Å²) in [6.45, 7) is 5.50. The van der Waals surface area contributed by atoms with E-state index in [9.17, 15) is 14.4 Å². The Morgan fingerprint density at radius 2 is 1.74 bits per heavy atom. The van der Waals surface area contributed by atoms with Crippen molar-refractivity contribution in [2.45, 2.75) is 33.6 Å². The van der Waals surface area contributed by atoms with Gasteiger partial charge in [-0.25, -0.2) is 5.06 Å². The van der Waals surface area contributed by atoms with Crippen molar-refractivity contribution < 1.29 is 38.6 Å². The van der Waals surface area contributed by atoms with E-state index in [0.29, 0.717) is 6.29 Å². The van der Waals surface area contributed by atoms with Crippen molar-refractivity contribution in [2.24, 2.45) is 0 Å². The van der Waals surface area contributed by atoms with Crippen LogP contribution in [0.4, 0.5) is 0 Å². The van der Waals surface area contributed by atoms with E-state index in [2.05, 4.69) is 4.74 Å². The second kappa shape index (κ2) is 19.6. The van der Waals surface area contributed by atoms with E-state index in [0.717, 1.165) is 5.06 Å². The highest BCUT2D eigenvalue weighted by Gasteiger charge is 2.12. The minimum absolute atomic E-state index is 0.0560. The van der Waals surface area contributed by atoms with Gasteiger partial charge in [0.15, 0.2) is 5.76 Å². The Hall–Kier alpha value is -2.42. The maximum atomic E-state index is 11.4. The van der Waals surface area contributed by atoms with E-state index >= 15 is 0 Å². The van der Waals surface area contributed by atoms with E-state index in [1.54, 1.807) is 0 Å². The minimum atomic E-state index is -0.327.